The molecular weight excluding hydrogens is 344 g/mol. The lowest BCUT2D eigenvalue weighted by Crippen LogP contribution is -2.27. The molecule has 0 heterocycles. The average Bonchev–Trinajstić information content (AvgIpc) is 2.67. The van der Waals surface area contributed by atoms with E-state index in [0.29, 0.717) is 34.8 Å². The minimum atomic E-state index is 0.106. The van der Waals surface area contributed by atoms with Crippen molar-refractivity contribution in [1.82, 2.24) is 0 Å². The summed E-state index contributed by atoms with van der Waals surface area (Å²) in [7, 11) is 6.43. The Balaban J connectivity index is 2.20. The van der Waals surface area contributed by atoms with Crippen molar-refractivity contribution in [1.29, 1.82) is 0 Å². The predicted molar refractivity (Wildman–Crippen MR) is 105 cm³/mol. The summed E-state index contributed by atoms with van der Waals surface area (Å²) in [6.45, 7) is 4.51. The second-order valence-corrected chi connectivity index (χ2v) is 7.20. The molecule has 27 heavy (non-hydrogen) atoms. The lowest BCUT2D eigenvalue weighted by Gasteiger charge is -2.37. The quantitative estimate of drug-likeness (QED) is 0.844. The van der Waals surface area contributed by atoms with Gasteiger partial charge >= 0.3 is 0 Å². The lowest BCUT2D eigenvalue weighted by molar-refractivity contribution is 0.311. The van der Waals surface area contributed by atoms with Gasteiger partial charge < -0.3 is 24.1 Å². The highest BCUT2D eigenvalue weighted by Gasteiger charge is 2.34. The maximum atomic E-state index is 10.4. The van der Waals surface area contributed by atoms with Crippen LogP contribution in [0.3, 0.4) is 0 Å². The van der Waals surface area contributed by atoms with Gasteiger partial charge in [0.15, 0.2) is 23.0 Å². The number of hydrogen-bond acceptors (Lipinski definition) is 5. The van der Waals surface area contributed by atoms with Gasteiger partial charge in [0.1, 0.15) is 0 Å². The normalized spacial score (nSPS) is 21.3. The third kappa shape index (κ3) is 3.27. The van der Waals surface area contributed by atoms with Gasteiger partial charge in [-0.3, -0.25) is 0 Å². The van der Waals surface area contributed by atoms with E-state index in [0.717, 1.165) is 17.5 Å². The molecule has 0 unspecified atom stereocenters. The summed E-state index contributed by atoms with van der Waals surface area (Å²) in [5.74, 6) is 3.50. The summed E-state index contributed by atoms with van der Waals surface area (Å²) in [4.78, 5) is 0. The highest BCUT2D eigenvalue weighted by Crippen LogP contribution is 2.49. The molecule has 0 amide bonds. The van der Waals surface area contributed by atoms with Crippen LogP contribution in [0.2, 0.25) is 0 Å². The Labute approximate surface area is 160 Å². The molecule has 0 radical (unpaired) electrons. The molecule has 146 valence electrons. The summed E-state index contributed by atoms with van der Waals surface area (Å²) in [6.07, 6.45) is 0.952. The summed E-state index contributed by atoms with van der Waals surface area (Å²) in [5, 5.41) is 10.4. The molecule has 3 atom stereocenters. The number of methoxy groups -OCH3 is 4. The molecule has 5 nitrogen and oxygen atoms in total. The minimum Gasteiger partial charge on any atom is -0.504 e. The highest BCUT2D eigenvalue weighted by atomic mass is 16.5. The number of phenolic OH excluding ortho intramolecular Hbond substituents is 1. The number of benzene rings is 2. The molecule has 0 fully saturated rings. The molecule has 5 heteroatoms. The smallest absolute Gasteiger partial charge is 0.203 e. The first-order chi connectivity index (χ1) is 12.9. The topological polar surface area (TPSA) is 57.2 Å². The minimum absolute atomic E-state index is 0.106. The van der Waals surface area contributed by atoms with Crippen LogP contribution in [-0.2, 0) is 6.42 Å². The van der Waals surface area contributed by atoms with Gasteiger partial charge in [-0.25, -0.2) is 0 Å². The van der Waals surface area contributed by atoms with Crippen molar-refractivity contribution in [3.05, 3.63) is 41.0 Å². The number of hydrogen-bond donors (Lipinski definition) is 1. The summed E-state index contributed by atoms with van der Waals surface area (Å²) < 4.78 is 21.9. The van der Waals surface area contributed by atoms with E-state index in [2.05, 4.69) is 13.8 Å². The maximum Gasteiger partial charge on any atom is 0.203 e. The van der Waals surface area contributed by atoms with Crippen LogP contribution in [0, 0.1) is 11.8 Å². The lowest BCUT2D eigenvalue weighted by atomic mass is 9.68. The second kappa shape index (κ2) is 7.59. The molecule has 3 rings (SSSR count). The third-order valence-electron chi connectivity index (χ3n) is 5.79. The van der Waals surface area contributed by atoms with Gasteiger partial charge in [-0.15, -0.1) is 0 Å². The molecular formula is C22H28O5. The van der Waals surface area contributed by atoms with Gasteiger partial charge in [-0.1, -0.05) is 13.8 Å². The fourth-order valence-electron chi connectivity index (χ4n) is 4.17. The van der Waals surface area contributed by atoms with Crippen LogP contribution in [0.5, 0.6) is 28.7 Å². The Kier molecular flexibility index (Phi) is 5.40. The first-order valence-corrected chi connectivity index (χ1v) is 9.14. The van der Waals surface area contributed by atoms with Gasteiger partial charge in [-0.05, 0) is 59.2 Å². The van der Waals surface area contributed by atoms with E-state index >= 15 is 0 Å². The Morgan fingerprint density at radius 2 is 1.41 bits per heavy atom. The van der Waals surface area contributed by atoms with Gasteiger partial charge in [0.2, 0.25) is 5.75 Å². The van der Waals surface area contributed by atoms with Crippen LogP contribution >= 0.6 is 0 Å². The summed E-state index contributed by atoms with van der Waals surface area (Å²) in [6, 6.07) is 7.81. The van der Waals surface area contributed by atoms with Gasteiger partial charge in [0, 0.05) is 5.92 Å². The molecule has 0 aliphatic heterocycles. The summed E-state index contributed by atoms with van der Waals surface area (Å²) in [5.41, 5.74) is 3.40. The molecule has 1 N–H and O–H groups in total. The molecule has 2 aromatic rings. The zero-order chi connectivity index (χ0) is 19.7. The van der Waals surface area contributed by atoms with Crippen LogP contribution in [0.15, 0.2) is 24.3 Å². The molecule has 1 aliphatic rings. The maximum absolute atomic E-state index is 10.4. The largest absolute Gasteiger partial charge is 0.504 e. The van der Waals surface area contributed by atoms with E-state index in [1.807, 2.05) is 24.3 Å². The van der Waals surface area contributed by atoms with Crippen molar-refractivity contribution >= 4 is 0 Å². The first kappa shape index (κ1) is 19.2. The van der Waals surface area contributed by atoms with Crippen molar-refractivity contribution in [2.24, 2.45) is 11.8 Å². The Morgan fingerprint density at radius 1 is 0.815 bits per heavy atom. The van der Waals surface area contributed by atoms with E-state index in [4.69, 9.17) is 18.9 Å². The van der Waals surface area contributed by atoms with E-state index in [1.165, 1.54) is 5.56 Å². The van der Waals surface area contributed by atoms with Gasteiger partial charge in [-0.2, -0.15) is 0 Å². The predicted octanol–water partition coefficient (Wildman–Crippen LogP) is 4.39. The first-order valence-electron chi connectivity index (χ1n) is 9.14. The van der Waals surface area contributed by atoms with E-state index in [1.54, 1.807) is 28.4 Å². The summed E-state index contributed by atoms with van der Waals surface area (Å²) >= 11 is 0. The molecule has 0 spiro atoms. The van der Waals surface area contributed by atoms with E-state index in [-0.39, 0.29) is 11.7 Å². The van der Waals surface area contributed by atoms with Crippen molar-refractivity contribution in [3.63, 3.8) is 0 Å². The standard InChI is InChI=1S/C22H28O5/c1-12-7-14-8-18(24-3)17(23)11-16(14)21(13(12)2)15-9-19(25-4)22(27-6)20(10-15)26-5/h8-13,21,23H,7H2,1-6H3/t12-,13-,21-/m0/s1. The molecule has 2 aromatic carbocycles. The Morgan fingerprint density at radius 3 is 1.93 bits per heavy atom. The number of fused-ring (bicyclic) bond motifs is 1. The third-order valence-corrected chi connectivity index (χ3v) is 5.79. The van der Waals surface area contributed by atoms with Gasteiger partial charge in [0.05, 0.1) is 28.4 Å². The second-order valence-electron chi connectivity index (χ2n) is 7.20. The van der Waals surface area contributed by atoms with Crippen LogP contribution in [0.25, 0.3) is 0 Å². The zero-order valence-electron chi connectivity index (χ0n) is 16.8. The SMILES string of the molecule is COc1cc2c(cc1O)[C@H](c1cc(OC)c(OC)c(OC)c1)[C@@H](C)[C@@H](C)C2. The van der Waals surface area contributed by atoms with Crippen molar-refractivity contribution in [2.75, 3.05) is 28.4 Å². The van der Waals surface area contributed by atoms with Crippen LogP contribution in [0.1, 0.15) is 36.5 Å². The number of rotatable bonds is 5. The highest BCUT2D eigenvalue weighted by molar-refractivity contribution is 5.58. The monoisotopic (exact) mass is 372 g/mol. The van der Waals surface area contributed by atoms with Crippen LogP contribution in [-0.4, -0.2) is 33.5 Å². The van der Waals surface area contributed by atoms with Crippen molar-refractivity contribution in [3.8, 4) is 28.7 Å². The Bertz CT molecular complexity index is 805. The Hall–Kier alpha value is -2.56. The fourth-order valence-corrected chi connectivity index (χ4v) is 4.17. The zero-order valence-corrected chi connectivity index (χ0v) is 16.8. The van der Waals surface area contributed by atoms with E-state index in [9.17, 15) is 5.11 Å². The van der Waals surface area contributed by atoms with E-state index < -0.39 is 0 Å². The molecule has 0 bridgehead atoms. The average molecular weight is 372 g/mol. The van der Waals surface area contributed by atoms with Crippen LogP contribution in [0.4, 0.5) is 0 Å². The number of ether oxygens (including phenoxy) is 4. The number of phenols is 1. The molecule has 1 aliphatic carbocycles. The van der Waals surface area contributed by atoms with Crippen molar-refractivity contribution in [2.45, 2.75) is 26.2 Å². The van der Waals surface area contributed by atoms with Crippen LogP contribution < -0.4 is 18.9 Å². The van der Waals surface area contributed by atoms with Crippen molar-refractivity contribution < 1.29 is 24.1 Å². The molecule has 0 saturated heterocycles. The fraction of sp³-hybridized carbons (Fsp3) is 0.455. The molecule has 0 saturated carbocycles. The van der Waals surface area contributed by atoms with Gasteiger partial charge in [0.25, 0.3) is 0 Å². The number of aromatic hydroxyl groups is 1. The molecule has 0 aromatic heterocycles.